The van der Waals surface area contributed by atoms with Crippen molar-refractivity contribution in [3.8, 4) is 0 Å². The Labute approximate surface area is 127 Å². The van der Waals surface area contributed by atoms with Gasteiger partial charge >= 0.3 is 5.97 Å². The van der Waals surface area contributed by atoms with Gasteiger partial charge in [-0.1, -0.05) is 23.1 Å². The summed E-state index contributed by atoms with van der Waals surface area (Å²) in [5.41, 5.74) is 1.05. The maximum absolute atomic E-state index is 11.9. The van der Waals surface area contributed by atoms with Gasteiger partial charge in [0.1, 0.15) is 0 Å². The van der Waals surface area contributed by atoms with Crippen molar-refractivity contribution >= 4 is 51.4 Å². The lowest BCUT2D eigenvalue weighted by atomic mass is 10.3. The van der Waals surface area contributed by atoms with E-state index in [1.165, 1.54) is 41.5 Å². The lowest BCUT2D eigenvalue weighted by Crippen LogP contribution is -2.09. The molecule has 0 aromatic carbocycles. The summed E-state index contributed by atoms with van der Waals surface area (Å²) >= 11 is 3.82. The number of esters is 1. The number of thiophene rings is 1. The molecule has 0 unspecified atom stereocenters. The van der Waals surface area contributed by atoms with E-state index in [0.717, 1.165) is 5.56 Å². The summed E-state index contributed by atoms with van der Waals surface area (Å²) in [6.45, 7) is 1.93. The first kappa shape index (κ1) is 14.9. The van der Waals surface area contributed by atoms with Gasteiger partial charge in [0.15, 0.2) is 4.34 Å². The Kier molecular flexibility index (Phi) is 5.10. The zero-order valence-electron chi connectivity index (χ0n) is 10.7. The van der Waals surface area contributed by atoms with Gasteiger partial charge in [-0.15, -0.1) is 21.5 Å². The molecule has 2 rings (SSSR count). The first-order chi connectivity index (χ1) is 9.58. The number of anilines is 1. The van der Waals surface area contributed by atoms with E-state index in [-0.39, 0.29) is 17.6 Å². The molecule has 0 bridgehead atoms. The number of aromatic nitrogens is 2. The van der Waals surface area contributed by atoms with Gasteiger partial charge in [0.25, 0.3) is 5.91 Å². The smallest absolute Gasteiger partial charge is 0.316 e. The molecule has 0 spiro atoms. The number of aryl methyl sites for hydroxylation is 1. The Morgan fingerprint density at radius 3 is 2.90 bits per heavy atom. The molecule has 2 aromatic heterocycles. The SMILES string of the molecule is COC(=O)CSc1nnc(NC(=O)c2cc(C)cs2)s1. The van der Waals surface area contributed by atoms with Crippen LogP contribution in [-0.4, -0.2) is 34.9 Å². The van der Waals surface area contributed by atoms with Crippen molar-refractivity contribution in [2.45, 2.75) is 11.3 Å². The van der Waals surface area contributed by atoms with Crippen molar-refractivity contribution in [3.63, 3.8) is 0 Å². The van der Waals surface area contributed by atoms with E-state index in [0.29, 0.717) is 14.3 Å². The molecule has 0 fully saturated rings. The fraction of sp³-hybridized carbons (Fsp3) is 0.273. The minimum Gasteiger partial charge on any atom is -0.468 e. The normalized spacial score (nSPS) is 10.3. The van der Waals surface area contributed by atoms with Crippen molar-refractivity contribution in [3.05, 3.63) is 21.9 Å². The Morgan fingerprint density at radius 2 is 2.25 bits per heavy atom. The lowest BCUT2D eigenvalue weighted by Gasteiger charge is -1.96. The van der Waals surface area contributed by atoms with Gasteiger partial charge in [-0.05, 0) is 23.9 Å². The zero-order valence-corrected chi connectivity index (χ0v) is 13.2. The van der Waals surface area contributed by atoms with Crippen LogP contribution in [0.15, 0.2) is 15.8 Å². The summed E-state index contributed by atoms with van der Waals surface area (Å²) in [7, 11) is 1.33. The van der Waals surface area contributed by atoms with Crippen LogP contribution in [0.1, 0.15) is 15.2 Å². The van der Waals surface area contributed by atoms with Gasteiger partial charge in [-0.3, -0.25) is 14.9 Å². The molecule has 0 aliphatic heterocycles. The number of ether oxygens (including phenoxy) is 1. The number of carbonyl (C=O) groups excluding carboxylic acids is 2. The molecule has 0 aliphatic carbocycles. The largest absolute Gasteiger partial charge is 0.468 e. The van der Waals surface area contributed by atoms with Crippen LogP contribution in [0.3, 0.4) is 0 Å². The molecule has 0 saturated carbocycles. The van der Waals surface area contributed by atoms with E-state index in [2.05, 4.69) is 20.3 Å². The third kappa shape index (κ3) is 4.02. The van der Waals surface area contributed by atoms with Gasteiger partial charge in [0.2, 0.25) is 5.13 Å². The van der Waals surface area contributed by atoms with Crippen molar-refractivity contribution in [2.24, 2.45) is 0 Å². The maximum Gasteiger partial charge on any atom is 0.316 e. The number of nitrogens with one attached hydrogen (secondary N) is 1. The quantitative estimate of drug-likeness (QED) is 0.515. The second-order valence-corrected chi connectivity index (χ2v) is 6.79. The Balaban J connectivity index is 1.92. The third-order valence-corrected chi connectivity index (χ3v) is 5.11. The molecule has 0 radical (unpaired) electrons. The topological polar surface area (TPSA) is 81.2 Å². The van der Waals surface area contributed by atoms with Gasteiger partial charge in [0.05, 0.1) is 17.7 Å². The summed E-state index contributed by atoms with van der Waals surface area (Å²) in [4.78, 5) is 23.5. The van der Waals surface area contributed by atoms with Crippen LogP contribution in [-0.2, 0) is 9.53 Å². The fourth-order valence-corrected chi connectivity index (χ4v) is 3.58. The number of amides is 1. The Morgan fingerprint density at radius 1 is 1.45 bits per heavy atom. The predicted molar refractivity (Wildman–Crippen MR) is 79.7 cm³/mol. The number of rotatable bonds is 5. The molecule has 6 nitrogen and oxygen atoms in total. The van der Waals surface area contributed by atoms with Crippen LogP contribution >= 0.6 is 34.4 Å². The number of methoxy groups -OCH3 is 1. The molecule has 0 aliphatic rings. The Bertz CT molecular complexity index is 623. The van der Waals surface area contributed by atoms with E-state index in [9.17, 15) is 9.59 Å². The van der Waals surface area contributed by atoms with E-state index >= 15 is 0 Å². The summed E-state index contributed by atoms with van der Waals surface area (Å²) < 4.78 is 5.14. The first-order valence-electron chi connectivity index (χ1n) is 5.48. The van der Waals surface area contributed by atoms with Crippen molar-refractivity contribution in [1.82, 2.24) is 10.2 Å². The van der Waals surface area contributed by atoms with Crippen LogP contribution < -0.4 is 5.32 Å². The highest BCUT2D eigenvalue weighted by molar-refractivity contribution is 8.01. The van der Waals surface area contributed by atoms with Crippen molar-refractivity contribution in [2.75, 3.05) is 18.2 Å². The molecule has 2 heterocycles. The molecule has 1 N–H and O–H groups in total. The monoisotopic (exact) mass is 329 g/mol. The van der Waals surface area contributed by atoms with E-state index in [1.807, 2.05) is 18.4 Å². The van der Waals surface area contributed by atoms with Crippen LogP contribution in [0.4, 0.5) is 5.13 Å². The van der Waals surface area contributed by atoms with Crippen molar-refractivity contribution in [1.29, 1.82) is 0 Å². The summed E-state index contributed by atoms with van der Waals surface area (Å²) in [5, 5.41) is 12.7. The Hall–Kier alpha value is -1.45. The predicted octanol–water partition coefficient (Wildman–Crippen LogP) is 2.43. The highest BCUT2D eigenvalue weighted by atomic mass is 32.2. The van der Waals surface area contributed by atoms with Gasteiger partial charge in [-0.25, -0.2) is 0 Å². The first-order valence-corrected chi connectivity index (χ1v) is 8.16. The molecule has 9 heteroatoms. The molecule has 1 amide bonds. The fourth-order valence-electron chi connectivity index (χ4n) is 1.21. The molecule has 2 aromatic rings. The second kappa shape index (κ2) is 6.82. The van der Waals surface area contributed by atoms with Gasteiger partial charge in [0, 0.05) is 0 Å². The minimum atomic E-state index is -0.329. The molecule has 20 heavy (non-hydrogen) atoms. The summed E-state index contributed by atoms with van der Waals surface area (Å²) in [6.07, 6.45) is 0. The number of carbonyl (C=O) groups is 2. The molecular weight excluding hydrogens is 318 g/mol. The van der Waals surface area contributed by atoms with E-state index in [1.54, 1.807) is 0 Å². The van der Waals surface area contributed by atoms with Gasteiger partial charge in [-0.2, -0.15) is 0 Å². The standard InChI is InChI=1S/C11H11N3O3S3/c1-6-3-7(18-4-6)9(16)12-10-13-14-11(20-10)19-5-8(15)17-2/h3-4H,5H2,1-2H3,(H,12,13,16). The minimum absolute atomic E-state index is 0.170. The van der Waals surface area contributed by atoms with E-state index < -0.39 is 0 Å². The van der Waals surface area contributed by atoms with Crippen LogP contribution in [0.5, 0.6) is 0 Å². The third-order valence-electron chi connectivity index (χ3n) is 2.12. The molecular formula is C11H11N3O3S3. The van der Waals surface area contributed by atoms with Crippen LogP contribution in [0.25, 0.3) is 0 Å². The summed E-state index contributed by atoms with van der Waals surface area (Å²) in [5.74, 6) is -0.364. The van der Waals surface area contributed by atoms with Crippen molar-refractivity contribution < 1.29 is 14.3 Å². The molecule has 0 saturated heterocycles. The van der Waals surface area contributed by atoms with E-state index in [4.69, 9.17) is 0 Å². The number of thioether (sulfide) groups is 1. The second-order valence-electron chi connectivity index (χ2n) is 3.68. The zero-order chi connectivity index (χ0) is 14.5. The summed E-state index contributed by atoms with van der Waals surface area (Å²) in [6, 6.07) is 1.81. The average Bonchev–Trinajstić information content (AvgIpc) is 3.05. The van der Waals surface area contributed by atoms with Crippen LogP contribution in [0.2, 0.25) is 0 Å². The lowest BCUT2D eigenvalue weighted by molar-refractivity contribution is -0.137. The average molecular weight is 329 g/mol. The van der Waals surface area contributed by atoms with Crippen LogP contribution in [0, 0.1) is 6.92 Å². The number of hydrogen-bond donors (Lipinski definition) is 1. The maximum atomic E-state index is 11.9. The molecule has 106 valence electrons. The highest BCUT2D eigenvalue weighted by Gasteiger charge is 2.13. The van der Waals surface area contributed by atoms with Gasteiger partial charge < -0.3 is 4.74 Å². The number of nitrogens with zero attached hydrogens (tertiary/aromatic N) is 2. The highest BCUT2D eigenvalue weighted by Crippen LogP contribution is 2.26. The number of hydrogen-bond acceptors (Lipinski definition) is 8. The molecule has 0 atom stereocenters.